The van der Waals surface area contributed by atoms with E-state index >= 15 is 0 Å². The molecule has 0 saturated carbocycles. The van der Waals surface area contributed by atoms with Crippen molar-refractivity contribution in [1.82, 2.24) is 20.5 Å². The first-order valence-electron chi connectivity index (χ1n) is 9.47. The van der Waals surface area contributed by atoms with Gasteiger partial charge >= 0.3 is 0 Å². The molecule has 0 amide bonds. The highest BCUT2D eigenvalue weighted by molar-refractivity contribution is 5.57. The summed E-state index contributed by atoms with van der Waals surface area (Å²) in [7, 11) is 0. The van der Waals surface area contributed by atoms with Crippen LogP contribution in [0.3, 0.4) is 0 Å². The Labute approximate surface area is 154 Å². The van der Waals surface area contributed by atoms with Crippen molar-refractivity contribution >= 4 is 11.4 Å². The van der Waals surface area contributed by atoms with E-state index in [9.17, 15) is 0 Å². The molecule has 3 N–H and O–H groups in total. The van der Waals surface area contributed by atoms with Crippen LogP contribution in [-0.2, 0) is 4.74 Å². The first-order chi connectivity index (χ1) is 12.7. The molecule has 2 atom stereocenters. The van der Waals surface area contributed by atoms with Crippen molar-refractivity contribution in [3.63, 3.8) is 0 Å². The van der Waals surface area contributed by atoms with E-state index in [1.54, 1.807) is 0 Å². The number of hydrazine groups is 2. The molecule has 5 rings (SSSR count). The number of rotatable bonds is 3. The summed E-state index contributed by atoms with van der Waals surface area (Å²) in [6.45, 7) is 5.78. The van der Waals surface area contributed by atoms with E-state index in [1.807, 2.05) is 12.1 Å². The van der Waals surface area contributed by atoms with Crippen LogP contribution < -0.4 is 16.1 Å². The lowest BCUT2D eigenvalue weighted by atomic mass is 10.2. The minimum atomic E-state index is 0.366. The molecule has 1 aromatic rings. The number of nitrogens with one attached hydrogen (secondary N) is 1. The number of nitrogens with two attached hydrogens (primary N) is 1. The molecule has 138 valence electrons. The average molecular weight is 354 g/mol. The van der Waals surface area contributed by atoms with Crippen LogP contribution >= 0.6 is 0 Å². The fourth-order valence-corrected chi connectivity index (χ4v) is 4.29. The third kappa shape index (κ3) is 2.59. The number of nitrogen functional groups attached to an aromatic ring is 1. The van der Waals surface area contributed by atoms with Crippen LogP contribution in [0, 0.1) is 0 Å². The second-order valence-corrected chi connectivity index (χ2v) is 7.35. The number of hydrogen-bond donors (Lipinski definition) is 2. The van der Waals surface area contributed by atoms with E-state index < -0.39 is 0 Å². The van der Waals surface area contributed by atoms with E-state index in [0.29, 0.717) is 12.2 Å². The predicted octanol–water partition coefficient (Wildman–Crippen LogP) is 1.65. The molecule has 0 radical (unpaired) electrons. The molecule has 0 aromatic heterocycles. The second kappa shape index (κ2) is 6.10. The van der Waals surface area contributed by atoms with E-state index in [-0.39, 0.29) is 0 Å². The number of morpholine rings is 1. The summed E-state index contributed by atoms with van der Waals surface area (Å²) >= 11 is 0. The van der Waals surface area contributed by atoms with Gasteiger partial charge < -0.3 is 20.8 Å². The second-order valence-electron chi connectivity index (χ2n) is 7.35. The molecule has 4 heterocycles. The molecule has 2 fully saturated rings. The van der Waals surface area contributed by atoms with Crippen molar-refractivity contribution in [2.45, 2.75) is 32.0 Å². The van der Waals surface area contributed by atoms with Gasteiger partial charge in [0.1, 0.15) is 6.67 Å². The lowest BCUT2D eigenvalue weighted by Gasteiger charge is -2.46. The number of hydrogen-bond acceptors (Lipinski definition) is 7. The maximum absolute atomic E-state index is 6.04. The summed E-state index contributed by atoms with van der Waals surface area (Å²) in [5.74, 6) is 0. The van der Waals surface area contributed by atoms with Crippen molar-refractivity contribution < 1.29 is 4.74 Å². The molecule has 0 aliphatic carbocycles. The number of ether oxygens (including phenoxy) is 1. The fraction of sp³-hybridized carbons (Fsp3) is 0.474. The zero-order chi connectivity index (χ0) is 17.7. The standard InChI is InChI=1S/C19H26N6O/c1-2-24-19-12-22(15-5-3-14(20)4-6-15)13-25(18(19)9-21-24)23-10-16-7-8-17(11-23)26-16/h3-6,9,12,16-17,21H,2,7-8,10-11,13,20H2,1H3. The Kier molecular flexibility index (Phi) is 3.72. The van der Waals surface area contributed by atoms with Crippen LogP contribution in [-0.4, -0.2) is 53.5 Å². The van der Waals surface area contributed by atoms with Gasteiger partial charge in [-0.1, -0.05) is 0 Å². The van der Waals surface area contributed by atoms with Crippen LogP contribution in [0.25, 0.3) is 0 Å². The zero-order valence-corrected chi connectivity index (χ0v) is 15.1. The van der Waals surface area contributed by atoms with Crippen molar-refractivity contribution in [3.05, 3.63) is 48.1 Å². The molecule has 7 nitrogen and oxygen atoms in total. The van der Waals surface area contributed by atoms with Gasteiger partial charge in [0.2, 0.25) is 0 Å². The average Bonchev–Trinajstić information content (AvgIpc) is 3.23. The summed E-state index contributed by atoms with van der Waals surface area (Å²) in [5, 5.41) is 7.05. The van der Waals surface area contributed by atoms with Crippen LogP contribution in [0.1, 0.15) is 19.8 Å². The summed E-state index contributed by atoms with van der Waals surface area (Å²) < 4.78 is 6.04. The van der Waals surface area contributed by atoms with Crippen LogP contribution in [0.4, 0.5) is 11.4 Å². The number of fused-ring (bicyclic) bond motifs is 3. The molecule has 2 bridgehead atoms. The quantitative estimate of drug-likeness (QED) is 0.801. The third-order valence-corrected chi connectivity index (χ3v) is 5.66. The van der Waals surface area contributed by atoms with Gasteiger partial charge in [0.05, 0.1) is 23.6 Å². The van der Waals surface area contributed by atoms with E-state index in [2.05, 4.69) is 56.8 Å². The highest BCUT2D eigenvalue weighted by Crippen LogP contribution is 2.35. The minimum Gasteiger partial charge on any atom is -0.399 e. The van der Waals surface area contributed by atoms with Gasteiger partial charge in [0, 0.05) is 43.4 Å². The monoisotopic (exact) mass is 354 g/mol. The summed E-state index contributed by atoms with van der Waals surface area (Å²) in [6, 6.07) is 8.09. The van der Waals surface area contributed by atoms with Crippen LogP contribution in [0.2, 0.25) is 0 Å². The van der Waals surface area contributed by atoms with E-state index in [4.69, 9.17) is 10.5 Å². The predicted molar refractivity (Wildman–Crippen MR) is 101 cm³/mol. The van der Waals surface area contributed by atoms with Crippen LogP contribution in [0.15, 0.2) is 48.1 Å². The molecule has 4 aliphatic rings. The van der Waals surface area contributed by atoms with Crippen molar-refractivity contribution in [3.8, 4) is 0 Å². The lowest BCUT2D eigenvalue weighted by molar-refractivity contribution is -0.114. The Morgan fingerprint density at radius 1 is 1.12 bits per heavy atom. The normalized spacial score (nSPS) is 28.0. The van der Waals surface area contributed by atoms with Gasteiger partial charge in [-0.25, -0.2) is 5.01 Å². The first kappa shape index (κ1) is 15.8. The Morgan fingerprint density at radius 3 is 2.54 bits per heavy atom. The van der Waals surface area contributed by atoms with Gasteiger partial charge in [-0.15, -0.1) is 0 Å². The summed E-state index contributed by atoms with van der Waals surface area (Å²) in [5.41, 5.74) is 13.6. The molecular formula is C19H26N6O. The molecule has 4 aliphatic heterocycles. The summed E-state index contributed by atoms with van der Waals surface area (Å²) in [6.07, 6.45) is 7.44. The molecule has 2 unspecified atom stereocenters. The lowest BCUT2D eigenvalue weighted by Crippen LogP contribution is -2.56. The Morgan fingerprint density at radius 2 is 1.85 bits per heavy atom. The third-order valence-electron chi connectivity index (χ3n) is 5.66. The smallest absolute Gasteiger partial charge is 0.110 e. The minimum absolute atomic E-state index is 0.366. The molecule has 0 spiro atoms. The van der Waals surface area contributed by atoms with Crippen molar-refractivity contribution in [1.29, 1.82) is 0 Å². The van der Waals surface area contributed by atoms with Crippen LogP contribution in [0.5, 0.6) is 0 Å². The summed E-state index contributed by atoms with van der Waals surface area (Å²) in [4.78, 5) is 2.29. The number of likely N-dealkylation sites (N-methyl/N-ethyl adjacent to an activating group) is 1. The van der Waals surface area contributed by atoms with E-state index in [1.165, 1.54) is 24.2 Å². The maximum Gasteiger partial charge on any atom is 0.110 e. The Hall–Kier alpha value is -2.38. The Bertz CT molecular complexity index is 733. The van der Waals surface area contributed by atoms with Gasteiger partial charge in [-0.05, 0) is 44.0 Å². The molecule has 26 heavy (non-hydrogen) atoms. The highest BCUT2D eigenvalue weighted by atomic mass is 16.5. The number of anilines is 2. The highest BCUT2D eigenvalue weighted by Gasteiger charge is 2.40. The van der Waals surface area contributed by atoms with E-state index in [0.717, 1.165) is 37.7 Å². The number of nitrogens with zero attached hydrogens (tertiary/aromatic N) is 4. The molecule has 7 heteroatoms. The van der Waals surface area contributed by atoms with Crippen molar-refractivity contribution in [2.75, 3.05) is 36.9 Å². The van der Waals surface area contributed by atoms with Gasteiger partial charge in [-0.3, -0.25) is 10.0 Å². The Balaban J connectivity index is 1.47. The van der Waals surface area contributed by atoms with Gasteiger partial charge in [-0.2, -0.15) is 0 Å². The largest absolute Gasteiger partial charge is 0.399 e. The van der Waals surface area contributed by atoms with Crippen molar-refractivity contribution in [2.24, 2.45) is 0 Å². The fourth-order valence-electron chi connectivity index (χ4n) is 4.29. The topological polar surface area (TPSA) is 60.2 Å². The maximum atomic E-state index is 6.04. The van der Waals surface area contributed by atoms with Gasteiger partial charge in [0.25, 0.3) is 0 Å². The first-order valence-corrected chi connectivity index (χ1v) is 9.47. The molecule has 1 aromatic carbocycles. The number of benzene rings is 1. The van der Waals surface area contributed by atoms with Gasteiger partial charge in [0.15, 0.2) is 0 Å². The zero-order valence-electron chi connectivity index (χ0n) is 15.1. The SMILES string of the molecule is CCN1NC=C2C1=CN(c1ccc(N)cc1)CN2N1CC2CCC(C1)O2. The molecule has 2 saturated heterocycles. The molecular weight excluding hydrogens is 328 g/mol.